The molecule has 112 valence electrons. The molecule has 0 radical (unpaired) electrons. The third-order valence-corrected chi connectivity index (χ3v) is 4.26. The number of ether oxygens (including phenoxy) is 2. The second kappa shape index (κ2) is 5.89. The Hall–Kier alpha value is -1.82. The molecule has 2 unspecified atom stereocenters. The number of nitrogens with zero attached hydrogens (tertiary/aromatic N) is 1. The van der Waals surface area contributed by atoms with Crippen molar-refractivity contribution in [2.24, 2.45) is 0 Å². The first-order valence-corrected chi connectivity index (χ1v) is 8.61. The highest BCUT2D eigenvalue weighted by molar-refractivity contribution is 7.84. The predicted octanol–water partition coefficient (Wildman–Crippen LogP) is 2.18. The van der Waals surface area contributed by atoms with Gasteiger partial charge in [0.15, 0.2) is 11.5 Å². The van der Waals surface area contributed by atoms with Crippen molar-refractivity contribution in [1.82, 2.24) is 4.98 Å². The topological polar surface area (TPSA) is 60.5 Å². The first-order chi connectivity index (χ1) is 10.1. The lowest BCUT2D eigenvalue weighted by Gasteiger charge is -2.20. The molecule has 1 aromatic heterocycles. The fraction of sp³-hybridized carbons (Fsp3) is 0.400. The maximum atomic E-state index is 11.3. The average Bonchev–Trinajstić information content (AvgIpc) is 2.45. The van der Waals surface area contributed by atoms with Gasteiger partial charge in [0.2, 0.25) is 0 Å². The van der Waals surface area contributed by atoms with Gasteiger partial charge in [-0.05, 0) is 30.5 Å². The van der Waals surface area contributed by atoms with Crippen molar-refractivity contribution >= 4 is 27.4 Å². The van der Waals surface area contributed by atoms with Crippen molar-refractivity contribution in [3.8, 4) is 11.5 Å². The lowest BCUT2D eigenvalue weighted by Crippen LogP contribution is -2.23. The summed E-state index contributed by atoms with van der Waals surface area (Å²) in [5, 5.41) is 5.35. The molecule has 1 N–H and O–H groups in total. The van der Waals surface area contributed by atoms with Crippen LogP contribution in [0.5, 0.6) is 11.5 Å². The van der Waals surface area contributed by atoms with Crippen molar-refractivity contribution in [2.45, 2.75) is 13.0 Å². The molecule has 0 spiro atoms. The molecule has 2 aromatic rings. The van der Waals surface area contributed by atoms with Crippen LogP contribution in [0.15, 0.2) is 24.4 Å². The molecule has 2 heterocycles. The van der Waals surface area contributed by atoms with E-state index in [2.05, 4.69) is 10.3 Å². The molecular weight excluding hydrogens is 288 g/mol. The molecule has 6 heteroatoms. The maximum Gasteiger partial charge on any atom is 0.162 e. The van der Waals surface area contributed by atoms with Crippen molar-refractivity contribution in [3.63, 3.8) is 0 Å². The van der Waals surface area contributed by atoms with Gasteiger partial charge < -0.3 is 14.8 Å². The molecule has 0 bridgehead atoms. The molecule has 21 heavy (non-hydrogen) atoms. The molecule has 1 aliphatic heterocycles. The zero-order chi connectivity index (χ0) is 14.8. The molecule has 0 aliphatic carbocycles. The zero-order valence-corrected chi connectivity index (χ0v) is 12.9. The summed E-state index contributed by atoms with van der Waals surface area (Å²) >= 11 is 0. The Morgan fingerprint density at radius 3 is 2.76 bits per heavy atom. The van der Waals surface area contributed by atoms with Crippen LogP contribution in [-0.4, -0.2) is 40.5 Å². The van der Waals surface area contributed by atoms with Gasteiger partial charge in [-0.1, -0.05) is 0 Å². The lowest BCUT2D eigenvalue weighted by atomic mass is 10.1. The van der Waals surface area contributed by atoms with E-state index in [9.17, 15) is 4.21 Å². The summed E-state index contributed by atoms with van der Waals surface area (Å²) in [5.41, 5.74) is 0. The number of aromatic nitrogens is 1. The number of pyridine rings is 1. The second-order valence-corrected chi connectivity index (χ2v) is 6.64. The Bertz CT molecular complexity index is 690. The van der Waals surface area contributed by atoms with Crippen LogP contribution in [0.4, 0.5) is 5.82 Å². The fourth-order valence-corrected chi connectivity index (χ4v) is 3.24. The average molecular weight is 306 g/mol. The van der Waals surface area contributed by atoms with Crippen LogP contribution in [0, 0.1) is 0 Å². The van der Waals surface area contributed by atoms with Crippen molar-refractivity contribution < 1.29 is 13.7 Å². The van der Waals surface area contributed by atoms with Crippen LogP contribution in [0.2, 0.25) is 0 Å². The Kier molecular flexibility index (Phi) is 3.96. The molecule has 1 aliphatic rings. The van der Waals surface area contributed by atoms with E-state index in [1.54, 1.807) is 12.5 Å². The van der Waals surface area contributed by atoms with Gasteiger partial charge in [0.05, 0.1) is 0 Å². The third kappa shape index (κ3) is 3.10. The third-order valence-electron chi connectivity index (χ3n) is 3.30. The normalized spacial score (nSPS) is 16.5. The number of anilines is 1. The molecule has 0 saturated heterocycles. The largest absolute Gasteiger partial charge is 0.486 e. The highest BCUT2D eigenvalue weighted by Gasteiger charge is 2.15. The Balaban J connectivity index is 1.97. The Morgan fingerprint density at radius 1 is 1.33 bits per heavy atom. The Labute approximate surface area is 126 Å². The second-order valence-electron chi connectivity index (χ2n) is 5.16. The highest BCUT2D eigenvalue weighted by Crippen LogP contribution is 2.36. The molecule has 3 rings (SSSR count). The monoisotopic (exact) mass is 306 g/mol. The van der Waals surface area contributed by atoms with Crippen molar-refractivity contribution in [2.75, 3.05) is 30.5 Å². The quantitative estimate of drug-likeness (QED) is 0.938. The first-order valence-electron chi connectivity index (χ1n) is 6.88. The number of hydrogen-bond acceptors (Lipinski definition) is 5. The molecule has 2 atom stereocenters. The summed E-state index contributed by atoms with van der Waals surface area (Å²) in [5.74, 6) is 2.88. The predicted molar refractivity (Wildman–Crippen MR) is 84.8 cm³/mol. The van der Waals surface area contributed by atoms with E-state index in [1.165, 1.54) is 0 Å². The van der Waals surface area contributed by atoms with E-state index in [4.69, 9.17) is 9.47 Å². The highest BCUT2D eigenvalue weighted by atomic mass is 32.2. The number of rotatable bonds is 4. The van der Waals surface area contributed by atoms with E-state index in [-0.39, 0.29) is 6.04 Å². The molecule has 0 amide bonds. The summed E-state index contributed by atoms with van der Waals surface area (Å²) in [6, 6.07) is 5.96. The maximum absolute atomic E-state index is 11.3. The lowest BCUT2D eigenvalue weighted by molar-refractivity contribution is 0.172. The van der Waals surface area contributed by atoms with Crippen molar-refractivity contribution in [1.29, 1.82) is 0 Å². The van der Waals surface area contributed by atoms with E-state index < -0.39 is 10.8 Å². The summed E-state index contributed by atoms with van der Waals surface area (Å²) in [6.45, 7) is 3.14. The van der Waals surface area contributed by atoms with Crippen LogP contribution < -0.4 is 14.8 Å². The van der Waals surface area contributed by atoms with Crippen LogP contribution in [-0.2, 0) is 10.8 Å². The SMILES string of the molecule is CC(CS(C)=O)Nc1nccc2cc3c(cc12)OCCO3. The molecule has 5 nitrogen and oxygen atoms in total. The molecular formula is C15H18N2O3S. The van der Waals surface area contributed by atoms with Crippen LogP contribution in [0.1, 0.15) is 6.92 Å². The van der Waals surface area contributed by atoms with Crippen LogP contribution >= 0.6 is 0 Å². The summed E-state index contributed by atoms with van der Waals surface area (Å²) < 4.78 is 22.5. The van der Waals surface area contributed by atoms with E-state index in [0.717, 1.165) is 28.1 Å². The fourth-order valence-electron chi connectivity index (χ4n) is 2.45. The molecule has 0 fully saturated rings. The van der Waals surface area contributed by atoms with Crippen LogP contribution in [0.3, 0.4) is 0 Å². The Morgan fingerprint density at radius 2 is 2.05 bits per heavy atom. The summed E-state index contributed by atoms with van der Waals surface area (Å²) in [7, 11) is -0.840. The number of fused-ring (bicyclic) bond motifs is 2. The summed E-state index contributed by atoms with van der Waals surface area (Å²) in [4.78, 5) is 4.40. The van der Waals surface area contributed by atoms with Crippen LogP contribution in [0.25, 0.3) is 10.8 Å². The number of hydrogen-bond donors (Lipinski definition) is 1. The first kappa shape index (κ1) is 14.1. The van der Waals surface area contributed by atoms with E-state index >= 15 is 0 Å². The van der Waals surface area contributed by atoms with Gasteiger partial charge in [-0.2, -0.15) is 0 Å². The van der Waals surface area contributed by atoms with E-state index in [0.29, 0.717) is 19.0 Å². The zero-order valence-electron chi connectivity index (χ0n) is 12.1. The van der Waals surface area contributed by atoms with Crippen molar-refractivity contribution in [3.05, 3.63) is 24.4 Å². The molecule has 1 aromatic carbocycles. The number of benzene rings is 1. The van der Waals surface area contributed by atoms with Gasteiger partial charge in [-0.15, -0.1) is 0 Å². The number of nitrogens with one attached hydrogen (secondary N) is 1. The van der Waals surface area contributed by atoms with Gasteiger partial charge >= 0.3 is 0 Å². The standard InChI is InChI=1S/C15H18N2O3S/c1-10(9-21(2)18)17-15-12-8-14-13(19-5-6-20-14)7-11(12)3-4-16-15/h3-4,7-8,10H,5-6,9H2,1-2H3,(H,16,17). The van der Waals surface area contributed by atoms with Gasteiger partial charge in [-0.3, -0.25) is 4.21 Å². The van der Waals surface area contributed by atoms with Gasteiger partial charge in [0.1, 0.15) is 19.0 Å². The minimum Gasteiger partial charge on any atom is -0.486 e. The summed E-state index contributed by atoms with van der Waals surface area (Å²) in [6.07, 6.45) is 3.46. The van der Waals surface area contributed by atoms with E-state index in [1.807, 2.05) is 25.1 Å². The van der Waals surface area contributed by atoms with Gasteiger partial charge in [-0.25, -0.2) is 4.98 Å². The van der Waals surface area contributed by atoms with Gasteiger partial charge in [0, 0.05) is 40.4 Å². The minimum atomic E-state index is -0.840. The smallest absolute Gasteiger partial charge is 0.162 e. The minimum absolute atomic E-state index is 0.0853. The molecule has 0 saturated carbocycles. The van der Waals surface area contributed by atoms with Gasteiger partial charge in [0.25, 0.3) is 0 Å².